The van der Waals surface area contributed by atoms with Crippen LogP contribution in [0.5, 0.6) is 11.5 Å². The van der Waals surface area contributed by atoms with Crippen LogP contribution in [0.1, 0.15) is 79.7 Å². The maximum atomic E-state index is 12.6. The lowest BCUT2D eigenvalue weighted by atomic mass is 10.1. The van der Waals surface area contributed by atoms with Crippen molar-refractivity contribution in [3.8, 4) is 11.5 Å². The summed E-state index contributed by atoms with van der Waals surface area (Å²) in [4.78, 5) is 48.8. The van der Waals surface area contributed by atoms with E-state index in [0.29, 0.717) is 36.7 Å². The Bertz CT molecular complexity index is 995. The second-order valence-electron chi connectivity index (χ2n) is 10.9. The molecule has 0 radical (unpaired) electrons. The van der Waals surface area contributed by atoms with Crippen LogP contribution in [0.2, 0.25) is 0 Å². The van der Waals surface area contributed by atoms with Crippen LogP contribution in [-0.2, 0) is 34.9 Å². The van der Waals surface area contributed by atoms with E-state index in [1.54, 1.807) is 19.9 Å². The van der Waals surface area contributed by atoms with E-state index in [-0.39, 0.29) is 43.8 Å². The molecular weight excluding hydrogens is 550 g/mol. The number of hydrogen-bond acceptors (Lipinski definition) is 12. The molecule has 0 aromatic heterocycles. The third kappa shape index (κ3) is 16.0. The van der Waals surface area contributed by atoms with Gasteiger partial charge >= 0.3 is 24.4 Å². The van der Waals surface area contributed by atoms with Gasteiger partial charge in [0, 0.05) is 0 Å². The van der Waals surface area contributed by atoms with Gasteiger partial charge in [0.2, 0.25) is 0 Å². The fraction of sp³-hybridized carbons (Fsp3) is 0.667. The molecule has 0 aliphatic carbocycles. The highest BCUT2D eigenvalue weighted by molar-refractivity contribution is 5.76. The van der Waals surface area contributed by atoms with Crippen LogP contribution in [0, 0.1) is 11.8 Å². The number of rotatable bonds is 17. The third-order valence-electron chi connectivity index (χ3n) is 5.73. The molecule has 0 spiro atoms. The second-order valence-corrected chi connectivity index (χ2v) is 10.9. The number of hydrogen-bond donors (Lipinski definition) is 1. The van der Waals surface area contributed by atoms with Crippen LogP contribution in [0.3, 0.4) is 0 Å². The van der Waals surface area contributed by atoms with Gasteiger partial charge in [-0.3, -0.25) is 4.79 Å². The molecule has 0 amide bonds. The smallest absolute Gasteiger partial charge is 0.458 e. The highest BCUT2D eigenvalue weighted by Crippen LogP contribution is 2.30. The Labute approximate surface area is 248 Å². The summed E-state index contributed by atoms with van der Waals surface area (Å²) in [5.41, 5.74) is 6.54. The Morgan fingerprint density at radius 2 is 1.29 bits per heavy atom. The van der Waals surface area contributed by atoms with Gasteiger partial charge in [0.05, 0.1) is 13.2 Å². The minimum Gasteiger partial charge on any atom is -0.458 e. The Morgan fingerprint density at radius 1 is 0.714 bits per heavy atom. The molecule has 0 bridgehead atoms. The monoisotopic (exact) mass is 597 g/mol. The quantitative estimate of drug-likeness (QED) is 0.128. The predicted octanol–water partition coefficient (Wildman–Crippen LogP) is 5.95. The summed E-state index contributed by atoms with van der Waals surface area (Å²) in [7, 11) is 0. The van der Waals surface area contributed by atoms with E-state index in [2.05, 4.69) is 0 Å². The molecule has 1 unspecified atom stereocenters. The van der Waals surface area contributed by atoms with Gasteiger partial charge in [-0.1, -0.05) is 47.1 Å². The molecule has 2 N–H and O–H groups in total. The lowest BCUT2D eigenvalue weighted by molar-refractivity contribution is -0.152. The van der Waals surface area contributed by atoms with Crippen molar-refractivity contribution >= 4 is 24.4 Å². The maximum Gasteiger partial charge on any atom is 0.513 e. The summed E-state index contributed by atoms with van der Waals surface area (Å²) in [5, 5.41) is 0. The molecule has 238 valence electrons. The normalized spacial score (nSPS) is 13.1. The lowest BCUT2D eigenvalue weighted by Gasteiger charge is -2.18. The molecule has 1 aromatic rings. The van der Waals surface area contributed by atoms with Gasteiger partial charge in [-0.25, -0.2) is 14.4 Å². The van der Waals surface area contributed by atoms with Gasteiger partial charge in [-0.15, -0.1) is 0 Å². The zero-order valence-electron chi connectivity index (χ0n) is 25.8. The Kier molecular flexibility index (Phi) is 17.0. The summed E-state index contributed by atoms with van der Waals surface area (Å²) >= 11 is 0. The molecule has 0 aliphatic heterocycles. The molecule has 0 aliphatic rings. The number of nitrogens with two attached hydrogens (primary N) is 1. The lowest BCUT2D eigenvalue weighted by Crippen LogP contribution is -2.37. The minimum atomic E-state index is -1.09. The molecule has 1 rings (SSSR count). The fourth-order valence-corrected chi connectivity index (χ4v) is 3.34. The van der Waals surface area contributed by atoms with Crippen molar-refractivity contribution in [2.75, 3.05) is 19.8 Å². The van der Waals surface area contributed by atoms with Crippen molar-refractivity contribution in [3.63, 3.8) is 0 Å². The molecule has 0 saturated heterocycles. The number of carbonyl (C=O) groups excluding carboxylic acids is 4. The predicted molar refractivity (Wildman–Crippen MR) is 153 cm³/mol. The molecule has 12 heteroatoms. The van der Waals surface area contributed by atoms with Gasteiger partial charge < -0.3 is 38.9 Å². The van der Waals surface area contributed by atoms with Crippen molar-refractivity contribution in [1.82, 2.24) is 0 Å². The first-order valence-corrected chi connectivity index (χ1v) is 14.4. The molecule has 12 nitrogen and oxygen atoms in total. The number of ether oxygens (including phenoxy) is 7. The maximum absolute atomic E-state index is 12.6. The molecule has 42 heavy (non-hydrogen) atoms. The van der Waals surface area contributed by atoms with Crippen LogP contribution >= 0.6 is 0 Å². The van der Waals surface area contributed by atoms with Gasteiger partial charge in [-0.2, -0.15) is 0 Å². The highest BCUT2D eigenvalue weighted by atomic mass is 16.7. The molecule has 3 atom stereocenters. The molecule has 0 fully saturated rings. The molecule has 1 aromatic carbocycles. The SMILES string of the molecule is CCCC(C)OC(=O)OC[C@H](C)OC(=O)[C@@H](N)Cc1ccc(OC(=O)OCCC(C)C)c(OC(=O)OCCC(C)C)c1. The van der Waals surface area contributed by atoms with Crippen LogP contribution < -0.4 is 15.2 Å². The van der Waals surface area contributed by atoms with Crippen LogP contribution in [0.4, 0.5) is 14.4 Å². The van der Waals surface area contributed by atoms with E-state index in [4.69, 9.17) is 38.9 Å². The number of benzene rings is 1. The van der Waals surface area contributed by atoms with E-state index in [1.807, 2.05) is 34.6 Å². The van der Waals surface area contributed by atoms with E-state index in [0.717, 1.165) is 6.42 Å². The van der Waals surface area contributed by atoms with Gasteiger partial charge in [0.1, 0.15) is 24.9 Å². The molecular formula is C30H47NO11. The van der Waals surface area contributed by atoms with Crippen LogP contribution in [0.15, 0.2) is 18.2 Å². The largest absolute Gasteiger partial charge is 0.513 e. The summed E-state index contributed by atoms with van der Waals surface area (Å²) in [5.74, 6) is -0.265. The van der Waals surface area contributed by atoms with E-state index >= 15 is 0 Å². The number of esters is 1. The first-order valence-electron chi connectivity index (χ1n) is 14.4. The topological polar surface area (TPSA) is 159 Å². The molecule has 0 heterocycles. The summed E-state index contributed by atoms with van der Waals surface area (Å²) in [6, 6.07) is 3.27. The van der Waals surface area contributed by atoms with Crippen molar-refractivity contribution in [2.45, 2.75) is 98.8 Å². The minimum absolute atomic E-state index is 0.000850. The van der Waals surface area contributed by atoms with Crippen molar-refractivity contribution in [1.29, 1.82) is 0 Å². The average molecular weight is 598 g/mol. The Morgan fingerprint density at radius 3 is 1.83 bits per heavy atom. The Balaban J connectivity index is 2.82. The van der Waals surface area contributed by atoms with Crippen LogP contribution in [0.25, 0.3) is 0 Å². The standard InChI is InChI=1S/C30H47NO11/c1-8-9-21(6)40-30(35)38-18-22(7)39-27(32)24(31)16-23-10-11-25(41-28(33)36-14-12-19(2)3)26(17-23)42-29(34)37-15-13-20(4)5/h10-11,17,19-22,24H,8-9,12-16,18,31H2,1-7H3/t21?,22-,24-/m0/s1. The summed E-state index contributed by atoms with van der Waals surface area (Å²) in [6.45, 7) is 13.4. The van der Waals surface area contributed by atoms with E-state index < -0.39 is 36.6 Å². The highest BCUT2D eigenvalue weighted by Gasteiger charge is 2.22. The van der Waals surface area contributed by atoms with E-state index in [1.165, 1.54) is 12.1 Å². The number of carbonyl (C=O) groups is 4. The summed E-state index contributed by atoms with van der Waals surface area (Å²) < 4.78 is 36.1. The summed E-state index contributed by atoms with van der Waals surface area (Å²) in [6.07, 6.45) is -0.974. The zero-order valence-corrected chi connectivity index (χ0v) is 25.8. The first kappa shape index (κ1) is 36.5. The fourth-order valence-electron chi connectivity index (χ4n) is 3.34. The molecule has 0 saturated carbocycles. The van der Waals surface area contributed by atoms with Crippen molar-refractivity contribution < 1.29 is 52.3 Å². The zero-order chi connectivity index (χ0) is 31.7. The van der Waals surface area contributed by atoms with Crippen LogP contribution in [-0.4, -0.2) is 62.5 Å². The van der Waals surface area contributed by atoms with E-state index in [9.17, 15) is 19.2 Å². The van der Waals surface area contributed by atoms with Gasteiger partial charge in [-0.05, 0) is 69.1 Å². The Hall–Kier alpha value is -3.54. The second kappa shape index (κ2) is 19.6. The van der Waals surface area contributed by atoms with Crippen molar-refractivity contribution in [2.24, 2.45) is 17.6 Å². The first-order chi connectivity index (χ1) is 19.8. The average Bonchev–Trinajstić information content (AvgIpc) is 2.88. The van der Waals surface area contributed by atoms with Gasteiger partial charge in [0.25, 0.3) is 0 Å². The van der Waals surface area contributed by atoms with Gasteiger partial charge in [0.15, 0.2) is 11.5 Å². The van der Waals surface area contributed by atoms with Crippen molar-refractivity contribution in [3.05, 3.63) is 23.8 Å². The third-order valence-corrected chi connectivity index (χ3v) is 5.73.